The number of aryl methyl sites for hydroxylation is 2. The van der Waals surface area contributed by atoms with Gasteiger partial charge < -0.3 is 10.4 Å². The van der Waals surface area contributed by atoms with E-state index in [1.54, 1.807) is 0 Å². The summed E-state index contributed by atoms with van der Waals surface area (Å²) in [6.45, 7) is 7.25. The van der Waals surface area contributed by atoms with E-state index < -0.39 is 0 Å². The van der Waals surface area contributed by atoms with Gasteiger partial charge in [-0.25, -0.2) is 0 Å². The molecule has 2 N–H and O–H groups in total. The molecule has 0 saturated heterocycles. The summed E-state index contributed by atoms with van der Waals surface area (Å²) in [6, 6.07) is 0. The Kier molecular flexibility index (Phi) is 5.82. The number of aliphatic hydroxyl groups excluding tert-OH is 1. The van der Waals surface area contributed by atoms with Crippen LogP contribution in [0.3, 0.4) is 0 Å². The molecular formula is C13H24BrN3O. The lowest BCUT2D eigenvalue weighted by atomic mass is 9.96. The predicted molar refractivity (Wildman–Crippen MR) is 77.8 cm³/mol. The van der Waals surface area contributed by atoms with Gasteiger partial charge in [0.1, 0.15) is 0 Å². The summed E-state index contributed by atoms with van der Waals surface area (Å²) in [4.78, 5) is 0. The van der Waals surface area contributed by atoms with Crippen LogP contribution in [-0.4, -0.2) is 34.1 Å². The summed E-state index contributed by atoms with van der Waals surface area (Å²) in [5.41, 5.74) is 2.07. The van der Waals surface area contributed by atoms with Crippen LogP contribution in [0.15, 0.2) is 4.47 Å². The first-order valence-electron chi connectivity index (χ1n) is 6.43. The number of hydrogen-bond acceptors (Lipinski definition) is 3. The minimum atomic E-state index is -0.157. The molecule has 0 fully saturated rings. The van der Waals surface area contributed by atoms with Crippen molar-refractivity contribution < 1.29 is 5.11 Å². The molecule has 1 atom stereocenters. The van der Waals surface area contributed by atoms with Crippen LogP contribution < -0.4 is 5.32 Å². The minimum absolute atomic E-state index is 0.157. The van der Waals surface area contributed by atoms with Gasteiger partial charge in [0, 0.05) is 17.8 Å². The molecule has 5 heteroatoms. The van der Waals surface area contributed by atoms with Crippen LogP contribution in [0.1, 0.15) is 37.6 Å². The van der Waals surface area contributed by atoms with Crippen molar-refractivity contribution in [2.75, 3.05) is 13.7 Å². The van der Waals surface area contributed by atoms with Gasteiger partial charge in [0.05, 0.1) is 16.8 Å². The normalized spacial score (nSPS) is 14.8. The number of aliphatic hydroxyl groups is 1. The van der Waals surface area contributed by atoms with E-state index in [1.165, 1.54) is 5.69 Å². The average molecular weight is 318 g/mol. The van der Waals surface area contributed by atoms with Crippen molar-refractivity contribution in [1.29, 1.82) is 0 Å². The number of aromatic nitrogens is 2. The third-order valence-electron chi connectivity index (χ3n) is 3.59. The smallest absolute Gasteiger partial charge is 0.0738 e. The number of nitrogens with zero attached hydrogens (tertiary/aromatic N) is 2. The number of nitrogens with one attached hydrogen (secondary N) is 1. The highest BCUT2D eigenvalue weighted by molar-refractivity contribution is 9.10. The lowest BCUT2D eigenvalue weighted by molar-refractivity contribution is 0.170. The van der Waals surface area contributed by atoms with Crippen LogP contribution in [0.25, 0.3) is 0 Å². The molecule has 0 aliphatic heterocycles. The maximum Gasteiger partial charge on any atom is 0.0738 e. The largest absolute Gasteiger partial charge is 0.394 e. The highest BCUT2D eigenvalue weighted by Gasteiger charge is 2.19. The molecule has 4 nitrogen and oxygen atoms in total. The molecule has 1 aromatic rings. The Morgan fingerprint density at radius 1 is 1.39 bits per heavy atom. The maximum atomic E-state index is 9.30. The third-order valence-corrected chi connectivity index (χ3v) is 4.74. The molecule has 1 heterocycles. The zero-order valence-electron chi connectivity index (χ0n) is 11.8. The molecule has 18 heavy (non-hydrogen) atoms. The molecule has 0 bridgehead atoms. The first kappa shape index (κ1) is 15.7. The van der Waals surface area contributed by atoms with E-state index in [4.69, 9.17) is 0 Å². The van der Waals surface area contributed by atoms with Crippen molar-refractivity contribution in [3.05, 3.63) is 15.9 Å². The van der Waals surface area contributed by atoms with Crippen molar-refractivity contribution in [1.82, 2.24) is 15.1 Å². The van der Waals surface area contributed by atoms with Crippen molar-refractivity contribution in [2.24, 2.45) is 0 Å². The molecule has 0 radical (unpaired) electrons. The molecule has 0 aliphatic carbocycles. The molecular weight excluding hydrogens is 294 g/mol. The molecule has 0 aliphatic rings. The molecule has 104 valence electrons. The summed E-state index contributed by atoms with van der Waals surface area (Å²) in [7, 11) is 1.90. The van der Waals surface area contributed by atoms with Gasteiger partial charge in [0.25, 0.3) is 0 Å². The zero-order valence-corrected chi connectivity index (χ0v) is 13.3. The van der Waals surface area contributed by atoms with Crippen LogP contribution in [0, 0.1) is 13.8 Å². The Balaban J connectivity index is 2.40. The van der Waals surface area contributed by atoms with Crippen molar-refractivity contribution in [3.8, 4) is 0 Å². The van der Waals surface area contributed by atoms with Crippen molar-refractivity contribution in [3.63, 3.8) is 0 Å². The van der Waals surface area contributed by atoms with Gasteiger partial charge in [0.15, 0.2) is 0 Å². The van der Waals surface area contributed by atoms with Gasteiger partial charge in [-0.3, -0.25) is 4.68 Å². The van der Waals surface area contributed by atoms with Gasteiger partial charge in [-0.15, -0.1) is 0 Å². The molecule has 0 aromatic carbocycles. The SMILES string of the molecule is CNC(C)(CO)CCCCn1nc(C)c(Br)c1C. The van der Waals surface area contributed by atoms with Gasteiger partial charge >= 0.3 is 0 Å². The average Bonchev–Trinajstić information content (AvgIpc) is 2.62. The first-order valence-corrected chi connectivity index (χ1v) is 7.22. The fourth-order valence-electron chi connectivity index (χ4n) is 1.95. The van der Waals surface area contributed by atoms with E-state index in [9.17, 15) is 5.11 Å². The van der Waals surface area contributed by atoms with E-state index in [-0.39, 0.29) is 12.1 Å². The molecule has 1 aromatic heterocycles. The molecule has 0 amide bonds. The Hall–Kier alpha value is -0.390. The van der Waals surface area contributed by atoms with Crippen LogP contribution in [-0.2, 0) is 6.54 Å². The number of rotatable bonds is 7. The molecule has 0 spiro atoms. The second kappa shape index (κ2) is 6.68. The Bertz CT molecular complexity index is 386. The Morgan fingerprint density at radius 3 is 2.50 bits per heavy atom. The van der Waals surface area contributed by atoms with Crippen LogP contribution in [0.2, 0.25) is 0 Å². The summed E-state index contributed by atoms with van der Waals surface area (Å²) in [6.07, 6.45) is 3.13. The van der Waals surface area contributed by atoms with E-state index >= 15 is 0 Å². The van der Waals surface area contributed by atoms with Gasteiger partial charge in [-0.05, 0) is 63.0 Å². The quantitative estimate of drug-likeness (QED) is 0.759. The zero-order chi connectivity index (χ0) is 13.8. The van der Waals surface area contributed by atoms with E-state index in [0.29, 0.717) is 0 Å². The summed E-state index contributed by atoms with van der Waals surface area (Å²) in [5.74, 6) is 0. The standard InChI is InChI=1S/C13H24BrN3O/c1-10-12(14)11(2)17(16-10)8-6-5-7-13(3,9-18)15-4/h15,18H,5-9H2,1-4H3. The summed E-state index contributed by atoms with van der Waals surface area (Å²) < 4.78 is 3.16. The fourth-order valence-corrected chi connectivity index (χ4v) is 2.24. The van der Waals surface area contributed by atoms with Crippen molar-refractivity contribution in [2.45, 2.75) is 52.1 Å². The predicted octanol–water partition coefficient (Wildman–Crippen LogP) is 2.40. The highest BCUT2D eigenvalue weighted by atomic mass is 79.9. The van der Waals surface area contributed by atoms with Gasteiger partial charge in [-0.1, -0.05) is 0 Å². The molecule has 1 rings (SSSR count). The van der Waals surface area contributed by atoms with E-state index in [1.807, 2.05) is 20.9 Å². The second-order valence-corrected chi connectivity index (χ2v) is 5.93. The highest BCUT2D eigenvalue weighted by Crippen LogP contribution is 2.20. The monoisotopic (exact) mass is 317 g/mol. The summed E-state index contributed by atoms with van der Waals surface area (Å²) in [5, 5.41) is 17.0. The van der Waals surface area contributed by atoms with Gasteiger partial charge in [-0.2, -0.15) is 5.10 Å². The molecule has 1 unspecified atom stereocenters. The minimum Gasteiger partial charge on any atom is -0.394 e. The third kappa shape index (κ3) is 3.80. The molecule has 0 saturated carbocycles. The second-order valence-electron chi connectivity index (χ2n) is 5.13. The maximum absolute atomic E-state index is 9.30. The van der Waals surface area contributed by atoms with Crippen molar-refractivity contribution >= 4 is 15.9 Å². The number of halogens is 1. The lowest BCUT2D eigenvalue weighted by Crippen LogP contribution is -2.43. The van der Waals surface area contributed by atoms with Crippen LogP contribution in [0.4, 0.5) is 0 Å². The first-order chi connectivity index (χ1) is 8.43. The number of hydrogen-bond donors (Lipinski definition) is 2. The Labute approximate surface area is 118 Å². The van der Waals surface area contributed by atoms with Gasteiger partial charge in [0.2, 0.25) is 0 Å². The fraction of sp³-hybridized carbons (Fsp3) is 0.769. The number of likely N-dealkylation sites (N-methyl/N-ethyl adjacent to an activating group) is 1. The topological polar surface area (TPSA) is 50.1 Å². The van der Waals surface area contributed by atoms with Crippen LogP contribution >= 0.6 is 15.9 Å². The Morgan fingerprint density at radius 2 is 2.06 bits per heavy atom. The number of unbranched alkanes of at least 4 members (excludes halogenated alkanes) is 1. The summed E-state index contributed by atoms with van der Waals surface area (Å²) >= 11 is 3.54. The van der Waals surface area contributed by atoms with E-state index in [2.05, 4.69) is 38.0 Å². The lowest BCUT2D eigenvalue weighted by Gasteiger charge is -2.26. The van der Waals surface area contributed by atoms with Crippen LogP contribution in [0.5, 0.6) is 0 Å². The van der Waals surface area contributed by atoms with E-state index in [0.717, 1.165) is 36.0 Å².